The van der Waals surface area contributed by atoms with E-state index >= 15 is 0 Å². The predicted molar refractivity (Wildman–Crippen MR) is 97.5 cm³/mol. The first kappa shape index (κ1) is 15.2. The molecule has 0 atom stereocenters. The quantitative estimate of drug-likeness (QED) is 0.550. The number of benzene rings is 2. The van der Waals surface area contributed by atoms with E-state index in [0.29, 0.717) is 0 Å². The lowest BCUT2D eigenvalue weighted by atomic mass is 9.99. The molecule has 0 unspecified atom stereocenters. The second-order valence-corrected chi connectivity index (χ2v) is 5.98. The lowest BCUT2D eigenvalue weighted by molar-refractivity contribution is -0.136. The van der Waals surface area contributed by atoms with Gasteiger partial charge in [-0.25, -0.2) is 0 Å². The number of carboxylic acid groups (broad SMARTS) is 1. The Morgan fingerprint density at radius 1 is 0.800 bits per heavy atom. The molecule has 1 heterocycles. The molecule has 0 radical (unpaired) electrons. The Hall–Kier alpha value is -3.33. The molecule has 1 aliphatic heterocycles. The van der Waals surface area contributed by atoms with Crippen molar-refractivity contribution in [3.8, 4) is 33.4 Å². The smallest absolute Gasteiger partial charge is 0.307 e. The van der Waals surface area contributed by atoms with Crippen LogP contribution in [0.5, 0.6) is 0 Å². The minimum absolute atomic E-state index is 0.00259. The Labute approximate surface area is 145 Å². The van der Waals surface area contributed by atoms with Gasteiger partial charge in [0.25, 0.3) is 0 Å². The fourth-order valence-corrected chi connectivity index (χ4v) is 3.21. The molecule has 4 rings (SSSR count). The predicted octanol–water partition coefficient (Wildman–Crippen LogP) is 5.35. The topological polar surface area (TPSA) is 50.4 Å². The highest BCUT2D eigenvalue weighted by Crippen LogP contribution is 2.39. The summed E-state index contributed by atoms with van der Waals surface area (Å²) in [7, 11) is 0. The van der Waals surface area contributed by atoms with E-state index in [0.717, 1.165) is 33.4 Å². The van der Waals surface area contributed by atoms with E-state index in [2.05, 4.69) is 36.4 Å². The molecule has 0 spiro atoms. The van der Waals surface area contributed by atoms with Crippen LogP contribution in [0, 0.1) is 0 Å². The molecule has 2 aliphatic rings. The van der Waals surface area contributed by atoms with Crippen molar-refractivity contribution in [2.24, 2.45) is 0 Å². The molecule has 2 aromatic carbocycles. The normalized spacial score (nSPS) is 10.9. The van der Waals surface area contributed by atoms with Crippen LogP contribution < -0.4 is 0 Å². The van der Waals surface area contributed by atoms with Crippen molar-refractivity contribution in [1.82, 2.24) is 0 Å². The highest BCUT2D eigenvalue weighted by molar-refractivity contribution is 5.91. The molecule has 0 aromatic heterocycles. The number of fused-ring (bicyclic) bond motifs is 1. The van der Waals surface area contributed by atoms with Gasteiger partial charge in [0.15, 0.2) is 0 Å². The summed E-state index contributed by atoms with van der Waals surface area (Å²) in [5.74, 6) is -0.835. The van der Waals surface area contributed by atoms with Gasteiger partial charge in [0, 0.05) is 5.56 Å². The molecule has 0 saturated carbocycles. The van der Waals surface area contributed by atoms with Crippen molar-refractivity contribution in [2.75, 3.05) is 0 Å². The second-order valence-electron chi connectivity index (χ2n) is 5.98. The third kappa shape index (κ3) is 2.92. The summed E-state index contributed by atoms with van der Waals surface area (Å²) in [5, 5.41) is 9.15. The van der Waals surface area contributed by atoms with E-state index in [1.54, 1.807) is 12.5 Å². The maximum absolute atomic E-state index is 11.1. The van der Waals surface area contributed by atoms with E-state index in [1.807, 2.05) is 30.3 Å². The van der Waals surface area contributed by atoms with Gasteiger partial charge in [0.2, 0.25) is 0 Å². The largest absolute Gasteiger partial charge is 0.481 e. The van der Waals surface area contributed by atoms with Gasteiger partial charge in [-0.15, -0.1) is 0 Å². The SMILES string of the molecule is O=C(O)Cc1cc(-c2ccc(-c3ccccc3)cc2)c2coccc1-2. The van der Waals surface area contributed by atoms with Gasteiger partial charge in [-0.1, -0.05) is 54.6 Å². The zero-order chi connectivity index (χ0) is 17.2. The standard InChI is InChI=1S/C22H16O3/c23-22(24)13-18-12-20(21-14-25-11-10-19(18)21)17-8-6-16(7-9-17)15-4-2-1-3-5-15/h1-12,14H,13H2,(H,23,24). The zero-order valence-electron chi connectivity index (χ0n) is 13.5. The maximum atomic E-state index is 11.1. The molecule has 0 saturated heterocycles. The van der Waals surface area contributed by atoms with E-state index < -0.39 is 5.97 Å². The molecule has 122 valence electrons. The highest BCUT2D eigenvalue weighted by Gasteiger charge is 2.19. The monoisotopic (exact) mass is 328 g/mol. The van der Waals surface area contributed by atoms with E-state index in [4.69, 9.17) is 9.52 Å². The van der Waals surface area contributed by atoms with Crippen molar-refractivity contribution >= 4 is 5.97 Å². The Kier molecular flexibility index (Phi) is 3.82. The van der Waals surface area contributed by atoms with Crippen LogP contribution >= 0.6 is 0 Å². The number of aliphatic carboxylic acids is 1. The minimum Gasteiger partial charge on any atom is -0.481 e. The summed E-state index contributed by atoms with van der Waals surface area (Å²) in [6.45, 7) is 0. The maximum Gasteiger partial charge on any atom is 0.307 e. The fraction of sp³-hybridized carbons (Fsp3) is 0.0455. The summed E-state index contributed by atoms with van der Waals surface area (Å²) in [6.07, 6.45) is 3.26. The Morgan fingerprint density at radius 2 is 1.48 bits per heavy atom. The molecule has 0 bridgehead atoms. The molecule has 3 nitrogen and oxygen atoms in total. The van der Waals surface area contributed by atoms with Gasteiger partial charge >= 0.3 is 5.97 Å². The van der Waals surface area contributed by atoms with Gasteiger partial charge < -0.3 is 9.52 Å². The summed E-state index contributed by atoms with van der Waals surface area (Å²) >= 11 is 0. The first-order valence-corrected chi connectivity index (χ1v) is 8.08. The summed E-state index contributed by atoms with van der Waals surface area (Å²) < 4.78 is 5.32. The van der Waals surface area contributed by atoms with Crippen LogP contribution in [0.15, 0.2) is 83.7 Å². The molecule has 1 N–H and O–H groups in total. The molecule has 1 aliphatic carbocycles. The molecular formula is C22H16O3. The van der Waals surface area contributed by atoms with Gasteiger partial charge in [0.1, 0.15) is 0 Å². The molecule has 0 fully saturated rings. The fourth-order valence-electron chi connectivity index (χ4n) is 3.21. The molecule has 25 heavy (non-hydrogen) atoms. The van der Waals surface area contributed by atoms with Gasteiger partial charge in [-0.3, -0.25) is 4.79 Å². The van der Waals surface area contributed by atoms with Crippen LogP contribution in [0.4, 0.5) is 0 Å². The first-order chi connectivity index (χ1) is 12.2. The number of rotatable bonds is 4. The van der Waals surface area contributed by atoms with Crippen LogP contribution in [0.2, 0.25) is 0 Å². The lowest BCUT2D eigenvalue weighted by Crippen LogP contribution is -1.99. The van der Waals surface area contributed by atoms with Crippen molar-refractivity contribution in [1.29, 1.82) is 0 Å². The summed E-state index contributed by atoms with van der Waals surface area (Å²) in [6, 6.07) is 22.3. The number of carbonyl (C=O) groups is 1. The minimum atomic E-state index is -0.835. The van der Waals surface area contributed by atoms with Crippen LogP contribution in [0.1, 0.15) is 5.56 Å². The van der Waals surface area contributed by atoms with Gasteiger partial charge in [-0.05, 0) is 45.5 Å². The van der Waals surface area contributed by atoms with Crippen molar-refractivity contribution < 1.29 is 14.3 Å². The first-order valence-electron chi connectivity index (χ1n) is 8.08. The Balaban J connectivity index is 1.76. The van der Waals surface area contributed by atoms with E-state index in [-0.39, 0.29) is 6.42 Å². The van der Waals surface area contributed by atoms with Crippen LogP contribution in [0.25, 0.3) is 33.4 Å². The van der Waals surface area contributed by atoms with Crippen LogP contribution in [-0.4, -0.2) is 11.1 Å². The third-order valence-electron chi connectivity index (χ3n) is 4.39. The summed E-state index contributed by atoms with van der Waals surface area (Å²) in [4.78, 5) is 11.1. The van der Waals surface area contributed by atoms with Gasteiger partial charge in [-0.2, -0.15) is 0 Å². The highest BCUT2D eigenvalue weighted by atomic mass is 16.4. The second kappa shape index (κ2) is 6.29. The zero-order valence-corrected chi connectivity index (χ0v) is 13.5. The number of carboxylic acids is 1. The van der Waals surface area contributed by atoms with Crippen molar-refractivity contribution in [2.45, 2.75) is 6.42 Å². The molecule has 2 aromatic rings. The summed E-state index contributed by atoms with van der Waals surface area (Å²) in [5.41, 5.74) is 7.03. The van der Waals surface area contributed by atoms with Gasteiger partial charge in [0.05, 0.1) is 18.9 Å². The average molecular weight is 328 g/mol. The van der Waals surface area contributed by atoms with Crippen molar-refractivity contribution in [3.05, 3.63) is 84.8 Å². The lowest BCUT2D eigenvalue weighted by Gasteiger charge is -2.06. The number of hydrogen-bond donors (Lipinski definition) is 1. The van der Waals surface area contributed by atoms with Crippen molar-refractivity contribution in [3.63, 3.8) is 0 Å². The molecular weight excluding hydrogens is 312 g/mol. The number of hydrogen-bond acceptors (Lipinski definition) is 2. The molecule has 0 amide bonds. The third-order valence-corrected chi connectivity index (χ3v) is 4.39. The van der Waals surface area contributed by atoms with E-state index in [9.17, 15) is 4.79 Å². The van der Waals surface area contributed by atoms with E-state index in [1.165, 1.54) is 5.56 Å². The Bertz CT molecular complexity index is 982. The average Bonchev–Trinajstić information content (AvgIpc) is 3.01. The van der Waals surface area contributed by atoms with Crippen LogP contribution in [0.3, 0.4) is 0 Å². The molecule has 3 heteroatoms. The Morgan fingerprint density at radius 3 is 2.20 bits per heavy atom. The van der Waals surface area contributed by atoms with Crippen LogP contribution in [-0.2, 0) is 11.2 Å².